The average molecular weight is 343 g/mol. The molecule has 0 bridgehead atoms. The maximum atomic E-state index is 12.6. The van der Waals surface area contributed by atoms with Crippen LogP contribution in [0.25, 0.3) is 10.9 Å². The van der Waals surface area contributed by atoms with Crippen LogP contribution in [0.2, 0.25) is 0 Å². The summed E-state index contributed by atoms with van der Waals surface area (Å²) in [4.78, 5) is 18.8. The van der Waals surface area contributed by atoms with E-state index in [0.29, 0.717) is 24.2 Å². The molecule has 5 heteroatoms. The molecule has 4 rings (SSSR count). The van der Waals surface area contributed by atoms with Crippen LogP contribution in [-0.2, 0) is 0 Å². The minimum atomic E-state index is -0.0510. The zero-order valence-electron chi connectivity index (χ0n) is 14.1. The number of carbonyl (C=O) groups is 1. The monoisotopic (exact) mass is 343 g/mol. The average Bonchev–Trinajstić information content (AvgIpc) is 3.16. The topological polar surface area (TPSA) is 66.2 Å². The SMILES string of the molecule is N#Cc1ccc(C(=O)N2CCC(Oc3cccc4cccnc34)C2)cc1. The van der Waals surface area contributed by atoms with E-state index in [1.807, 2.05) is 30.3 Å². The van der Waals surface area contributed by atoms with Crippen molar-refractivity contribution in [3.05, 3.63) is 71.9 Å². The molecule has 1 aliphatic heterocycles. The number of para-hydroxylation sites is 1. The number of likely N-dealkylation sites (tertiary alicyclic amines) is 1. The van der Waals surface area contributed by atoms with Crippen LogP contribution in [0.4, 0.5) is 0 Å². The molecule has 5 nitrogen and oxygen atoms in total. The number of ether oxygens (including phenoxy) is 1. The normalized spacial score (nSPS) is 16.4. The number of nitriles is 1. The smallest absolute Gasteiger partial charge is 0.253 e. The molecule has 0 aliphatic carbocycles. The fourth-order valence-electron chi connectivity index (χ4n) is 3.23. The number of amides is 1. The van der Waals surface area contributed by atoms with Gasteiger partial charge in [0.25, 0.3) is 5.91 Å². The second kappa shape index (κ2) is 6.85. The summed E-state index contributed by atoms with van der Waals surface area (Å²) in [5, 5.41) is 9.90. The Balaban J connectivity index is 1.46. The predicted octanol–water partition coefficient (Wildman–Crippen LogP) is 3.40. The molecular formula is C21H17N3O2. The maximum absolute atomic E-state index is 12.6. The minimum Gasteiger partial charge on any atom is -0.486 e. The Morgan fingerprint density at radius 2 is 1.96 bits per heavy atom. The number of benzene rings is 2. The minimum absolute atomic E-state index is 0.0309. The lowest BCUT2D eigenvalue weighted by atomic mass is 10.1. The molecule has 128 valence electrons. The molecule has 0 radical (unpaired) electrons. The number of hydrogen-bond acceptors (Lipinski definition) is 4. The predicted molar refractivity (Wildman–Crippen MR) is 97.8 cm³/mol. The van der Waals surface area contributed by atoms with Gasteiger partial charge in [-0.3, -0.25) is 9.78 Å². The summed E-state index contributed by atoms with van der Waals surface area (Å²) < 4.78 is 6.14. The molecule has 1 aromatic heterocycles. The standard InChI is InChI=1S/C21H17N3O2/c22-13-15-6-8-17(9-7-15)21(25)24-12-10-18(14-24)26-19-5-1-3-16-4-2-11-23-20(16)19/h1-9,11,18H,10,12,14H2. The maximum Gasteiger partial charge on any atom is 0.253 e. The summed E-state index contributed by atoms with van der Waals surface area (Å²) in [6.07, 6.45) is 2.49. The van der Waals surface area contributed by atoms with Crippen molar-refractivity contribution in [2.24, 2.45) is 0 Å². The van der Waals surface area contributed by atoms with Crippen molar-refractivity contribution in [2.45, 2.75) is 12.5 Å². The van der Waals surface area contributed by atoms with Crippen molar-refractivity contribution in [2.75, 3.05) is 13.1 Å². The van der Waals surface area contributed by atoms with Gasteiger partial charge in [-0.15, -0.1) is 0 Å². The van der Waals surface area contributed by atoms with Gasteiger partial charge in [0.15, 0.2) is 0 Å². The summed E-state index contributed by atoms with van der Waals surface area (Å²) in [6.45, 7) is 1.20. The van der Waals surface area contributed by atoms with E-state index < -0.39 is 0 Å². The van der Waals surface area contributed by atoms with E-state index in [9.17, 15) is 4.79 Å². The van der Waals surface area contributed by atoms with Crippen LogP contribution in [0.3, 0.4) is 0 Å². The third-order valence-electron chi connectivity index (χ3n) is 4.58. The molecule has 1 amide bonds. The first-order valence-corrected chi connectivity index (χ1v) is 8.54. The Hall–Kier alpha value is -3.39. The number of nitrogens with zero attached hydrogens (tertiary/aromatic N) is 3. The van der Waals surface area contributed by atoms with Crippen molar-refractivity contribution in [3.63, 3.8) is 0 Å². The number of carbonyl (C=O) groups excluding carboxylic acids is 1. The molecule has 1 saturated heterocycles. The molecule has 0 saturated carbocycles. The first-order valence-electron chi connectivity index (χ1n) is 8.54. The van der Waals surface area contributed by atoms with E-state index in [-0.39, 0.29) is 12.0 Å². The number of pyridine rings is 1. The van der Waals surface area contributed by atoms with Crippen LogP contribution in [0.1, 0.15) is 22.3 Å². The molecule has 0 spiro atoms. The van der Waals surface area contributed by atoms with Crippen LogP contribution >= 0.6 is 0 Å². The Bertz CT molecular complexity index is 987. The van der Waals surface area contributed by atoms with Crippen molar-refractivity contribution < 1.29 is 9.53 Å². The Labute approximate surface area is 151 Å². The van der Waals surface area contributed by atoms with Gasteiger partial charge in [-0.25, -0.2) is 0 Å². The highest BCUT2D eigenvalue weighted by Crippen LogP contribution is 2.26. The molecule has 2 aromatic carbocycles. The van der Waals surface area contributed by atoms with E-state index in [0.717, 1.165) is 23.1 Å². The Morgan fingerprint density at radius 3 is 2.77 bits per heavy atom. The fraction of sp³-hybridized carbons (Fsp3) is 0.190. The van der Waals surface area contributed by atoms with Gasteiger partial charge >= 0.3 is 0 Å². The van der Waals surface area contributed by atoms with E-state index in [4.69, 9.17) is 10.00 Å². The summed E-state index contributed by atoms with van der Waals surface area (Å²) in [5.41, 5.74) is 1.98. The van der Waals surface area contributed by atoms with E-state index in [2.05, 4.69) is 11.1 Å². The van der Waals surface area contributed by atoms with Crippen LogP contribution < -0.4 is 4.74 Å². The Morgan fingerprint density at radius 1 is 1.15 bits per heavy atom. The molecule has 1 atom stereocenters. The van der Waals surface area contributed by atoms with E-state index in [1.54, 1.807) is 35.4 Å². The van der Waals surface area contributed by atoms with E-state index >= 15 is 0 Å². The van der Waals surface area contributed by atoms with Crippen molar-refractivity contribution in [3.8, 4) is 11.8 Å². The van der Waals surface area contributed by atoms with Gasteiger partial charge < -0.3 is 9.64 Å². The van der Waals surface area contributed by atoms with Gasteiger partial charge in [0, 0.05) is 30.1 Å². The molecule has 0 N–H and O–H groups in total. The summed E-state index contributed by atoms with van der Waals surface area (Å²) in [5.74, 6) is 0.720. The summed E-state index contributed by atoms with van der Waals surface area (Å²) >= 11 is 0. The van der Waals surface area contributed by atoms with Gasteiger partial charge in [0.2, 0.25) is 0 Å². The van der Waals surface area contributed by atoms with Crippen LogP contribution in [-0.4, -0.2) is 35.0 Å². The number of aromatic nitrogens is 1. The molecule has 1 fully saturated rings. The lowest BCUT2D eigenvalue weighted by molar-refractivity contribution is 0.0773. The molecule has 26 heavy (non-hydrogen) atoms. The molecule has 1 aliphatic rings. The van der Waals surface area contributed by atoms with Gasteiger partial charge in [-0.05, 0) is 36.4 Å². The summed E-state index contributed by atoms with van der Waals surface area (Å²) in [7, 11) is 0. The Kier molecular flexibility index (Phi) is 4.24. The first-order chi connectivity index (χ1) is 12.7. The van der Waals surface area contributed by atoms with Gasteiger partial charge in [0.1, 0.15) is 17.4 Å². The zero-order valence-corrected chi connectivity index (χ0v) is 14.1. The van der Waals surface area contributed by atoms with Gasteiger partial charge in [-0.2, -0.15) is 5.26 Å². The van der Waals surface area contributed by atoms with Crippen LogP contribution in [0.15, 0.2) is 60.8 Å². The molecule has 3 aromatic rings. The summed E-state index contributed by atoms with van der Waals surface area (Å²) in [6, 6.07) is 18.6. The van der Waals surface area contributed by atoms with Crippen LogP contribution in [0.5, 0.6) is 5.75 Å². The lowest BCUT2D eigenvalue weighted by Gasteiger charge is -2.18. The second-order valence-electron chi connectivity index (χ2n) is 6.30. The third-order valence-corrected chi connectivity index (χ3v) is 4.58. The van der Waals surface area contributed by atoms with Crippen LogP contribution in [0, 0.1) is 11.3 Å². The molecular weight excluding hydrogens is 326 g/mol. The van der Waals surface area contributed by atoms with Crippen molar-refractivity contribution >= 4 is 16.8 Å². The third kappa shape index (κ3) is 3.09. The van der Waals surface area contributed by atoms with Gasteiger partial charge in [-0.1, -0.05) is 18.2 Å². The first kappa shape index (κ1) is 16.1. The number of rotatable bonds is 3. The van der Waals surface area contributed by atoms with E-state index in [1.165, 1.54) is 0 Å². The van der Waals surface area contributed by atoms with Crippen molar-refractivity contribution in [1.82, 2.24) is 9.88 Å². The van der Waals surface area contributed by atoms with Gasteiger partial charge in [0.05, 0.1) is 18.2 Å². The lowest BCUT2D eigenvalue weighted by Crippen LogP contribution is -2.30. The number of hydrogen-bond donors (Lipinski definition) is 0. The highest BCUT2D eigenvalue weighted by Gasteiger charge is 2.28. The highest BCUT2D eigenvalue weighted by molar-refractivity contribution is 5.94. The van der Waals surface area contributed by atoms with Crippen molar-refractivity contribution in [1.29, 1.82) is 5.26 Å². The molecule has 2 heterocycles. The number of fused-ring (bicyclic) bond motifs is 1. The largest absolute Gasteiger partial charge is 0.486 e. The quantitative estimate of drug-likeness (QED) is 0.731. The highest BCUT2D eigenvalue weighted by atomic mass is 16.5. The second-order valence-corrected chi connectivity index (χ2v) is 6.30. The fourth-order valence-corrected chi connectivity index (χ4v) is 3.23. The zero-order chi connectivity index (χ0) is 17.9. The molecule has 1 unspecified atom stereocenters.